The van der Waals surface area contributed by atoms with Crippen molar-refractivity contribution in [3.8, 4) is 0 Å². The zero-order valence-corrected chi connectivity index (χ0v) is 10.2. The summed E-state index contributed by atoms with van der Waals surface area (Å²) in [6.45, 7) is -0.640. The number of carboxylic acids is 1. The van der Waals surface area contributed by atoms with E-state index >= 15 is 0 Å². The van der Waals surface area contributed by atoms with Gasteiger partial charge in [0.2, 0.25) is 0 Å². The molecule has 1 rings (SSSR count). The Kier molecular flexibility index (Phi) is 5.15. The monoisotopic (exact) mass is 298 g/mol. The first-order valence-electron chi connectivity index (χ1n) is 4.89. The Morgan fingerprint density at radius 2 is 2.16 bits per heavy atom. The van der Waals surface area contributed by atoms with Crippen LogP contribution in [0.1, 0.15) is 10.5 Å². The number of rotatable bonds is 6. The first kappa shape index (κ1) is 15.3. The Bertz CT molecular complexity index is 462. The van der Waals surface area contributed by atoms with Gasteiger partial charge in [-0.15, -0.1) is 5.10 Å². The topological polar surface area (TPSA) is 97.1 Å². The molecule has 0 aliphatic heterocycles. The maximum atomic E-state index is 11.8. The Hall–Kier alpha value is -1.78. The standard InChI is InChI=1S/C8H9F3N4O3S/c9-8(10,11)19-2-1-12-7(18)5-3-15(14-13-5)4-6(16)17/h3H,1-2,4H2,(H,12,18)(H,16,17). The molecule has 0 bridgehead atoms. The average molecular weight is 298 g/mol. The molecule has 7 nitrogen and oxygen atoms in total. The van der Waals surface area contributed by atoms with Crippen LogP contribution in [-0.4, -0.2) is 49.8 Å². The molecule has 0 aliphatic carbocycles. The van der Waals surface area contributed by atoms with E-state index in [2.05, 4.69) is 15.6 Å². The van der Waals surface area contributed by atoms with Crippen LogP contribution in [0.15, 0.2) is 6.20 Å². The third-order valence-electron chi connectivity index (χ3n) is 1.72. The quantitative estimate of drug-likeness (QED) is 0.735. The molecule has 0 atom stereocenters. The van der Waals surface area contributed by atoms with Gasteiger partial charge in [-0.05, 0) is 11.8 Å². The van der Waals surface area contributed by atoms with Crippen molar-refractivity contribution in [2.45, 2.75) is 12.1 Å². The molecule has 1 aromatic heterocycles. The number of amides is 1. The largest absolute Gasteiger partial charge is 0.480 e. The third kappa shape index (κ3) is 6.08. The summed E-state index contributed by atoms with van der Waals surface area (Å²) in [5.74, 6) is -2.18. The maximum absolute atomic E-state index is 11.8. The van der Waals surface area contributed by atoms with Crippen molar-refractivity contribution in [2.24, 2.45) is 0 Å². The molecule has 0 aromatic carbocycles. The molecule has 0 saturated heterocycles. The fraction of sp³-hybridized carbons (Fsp3) is 0.500. The van der Waals surface area contributed by atoms with Gasteiger partial charge in [-0.25, -0.2) is 4.68 Å². The lowest BCUT2D eigenvalue weighted by molar-refractivity contribution is -0.137. The lowest BCUT2D eigenvalue weighted by atomic mass is 10.4. The molecule has 2 N–H and O–H groups in total. The molecule has 19 heavy (non-hydrogen) atoms. The van der Waals surface area contributed by atoms with Crippen LogP contribution in [0, 0.1) is 0 Å². The zero-order valence-electron chi connectivity index (χ0n) is 9.35. The van der Waals surface area contributed by atoms with Crippen LogP contribution >= 0.6 is 11.8 Å². The molecule has 106 valence electrons. The van der Waals surface area contributed by atoms with Gasteiger partial charge in [0.05, 0.1) is 6.20 Å². The third-order valence-corrected chi connectivity index (χ3v) is 2.46. The summed E-state index contributed by atoms with van der Waals surface area (Å²) < 4.78 is 36.3. The average Bonchev–Trinajstić information content (AvgIpc) is 2.70. The van der Waals surface area contributed by atoms with Crippen molar-refractivity contribution in [3.63, 3.8) is 0 Å². The van der Waals surface area contributed by atoms with Gasteiger partial charge in [0, 0.05) is 12.3 Å². The SMILES string of the molecule is O=C(O)Cn1cc(C(=O)NCCSC(F)(F)F)nn1. The number of aliphatic carboxylic acids is 1. The minimum Gasteiger partial charge on any atom is -0.480 e. The summed E-state index contributed by atoms with van der Waals surface area (Å²) >= 11 is -0.249. The second-order valence-electron chi connectivity index (χ2n) is 3.25. The van der Waals surface area contributed by atoms with Gasteiger partial charge in [-0.1, -0.05) is 5.21 Å². The van der Waals surface area contributed by atoms with Crippen LogP contribution in [0.5, 0.6) is 0 Å². The number of alkyl halides is 3. The smallest absolute Gasteiger partial charge is 0.441 e. The summed E-state index contributed by atoms with van der Waals surface area (Å²) in [4.78, 5) is 21.8. The van der Waals surface area contributed by atoms with Gasteiger partial charge in [0.25, 0.3) is 5.91 Å². The first-order valence-corrected chi connectivity index (χ1v) is 5.87. The van der Waals surface area contributed by atoms with Crippen molar-refractivity contribution < 1.29 is 27.9 Å². The highest BCUT2D eigenvalue weighted by molar-refractivity contribution is 8.00. The van der Waals surface area contributed by atoms with Crippen LogP contribution in [0.4, 0.5) is 13.2 Å². The number of thioether (sulfide) groups is 1. The predicted octanol–water partition coefficient (Wildman–Crippen LogP) is 0.346. The highest BCUT2D eigenvalue weighted by atomic mass is 32.2. The van der Waals surface area contributed by atoms with Gasteiger partial charge >= 0.3 is 11.5 Å². The van der Waals surface area contributed by atoms with Crippen molar-refractivity contribution >= 4 is 23.6 Å². The number of carboxylic acid groups (broad SMARTS) is 1. The summed E-state index contributed by atoms with van der Waals surface area (Å²) in [6.07, 6.45) is 1.10. The van der Waals surface area contributed by atoms with Crippen LogP contribution in [-0.2, 0) is 11.3 Å². The molecule has 0 unspecified atom stereocenters. The van der Waals surface area contributed by atoms with E-state index in [1.807, 2.05) is 0 Å². The number of nitrogens with one attached hydrogen (secondary N) is 1. The highest BCUT2D eigenvalue weighted by Crippen LogP contribution is 2.29. The van der Waals surface area contributed by atoms with E-state index in [4.69, 9.17) is 5.11 Å². The second-order valence-corrected chi connectivity index (χ2v) is 4.41. The molecule has 1 amide bonds. The van der Waals surface area contributed by atoms with Crippen LogP contribution in [0.3, 0.4) is 0 Å². The van der Waals surface area contributed by atoms with Crippen molar-refractivity contribution in [3.05, 3.63) is 11.9 Å². The van der Waals surface area contributed by atoms with Crippen LogP contribution < -0.4 is 5.32 Å². The summed E-state index contributed by atoms with van der Waals surface area (Å²) in [5.41, 5.74) is -4.49. The minimum absolute atomic E-state index is 0.154. The Labute approximate surface area is 109 Å². The Morgan fingerprint density at radius 1 is 1.47 bits per heavy atom. The van der Waals surface area contributed by atoms with Gasteiger partial charge in [-0.2, -0.15) is 13.2 Å². The fourth-order valence-electron chi connectivity index (χ4n) is 1.04. The Balaban J connectivity index is 2.37. The molecule has 0 radical (unpaired) electrons. The van der Waals surface area contributed by atoms with Crippen molar-refractivity contribution in [2.75, 3.05) is 12.3 Å². The normalized spacial score (nSPS) is 11.3. The number of hydrogen-bond donors (Lipinski definition) is 2. The van der Waals surface area contributed by atoms with E-state index in [1.54, 1.807) is 0 Å². The predicted molar refractivity (Wildman–Crippen MR) is 58.5 cm³/mol. The molecule has 0 saturated carbocycles. The van der Waals surface area contributed by atoms with Crippen LogP contribution in [0.2, 0.25) is 0 Å². The number of nitrogens with zero attached hydrogens (tertiary/aromatic N) is 3. The van der Waals surface area contributed by atoms with E-state index < -0.39 is 23.9 Å². The molecule has 0 spiro atoms. The van der Waals surface area contributed by atoms with Crippen molar-refractivity contribution in [1.82, 2.24) is 20.3 Å². The molecule has 0 fully saturated rings. The van der Waals surface area contributed by atoms with Gasteiger partial charge in [0.1, 0.15) is 6.54 Å². The molecule has 1 aromatic rings. The molecular formula is C8H9F3N4O3S. The number of hydrogen-bond acceptors (Lipinski definition) is 5. The maximum Gasteiger partial charge on any atom is 0.441 e. The van der Waals surface area contributed by atoms with Crippen LogP contribution in [0.25, 0.3) is 0 Å². The molecule has 0 aliphatic rings. The number of halogens is 3. The van der Waals surface area contributed by atoms with E-state index in [1.165, 1.54) is 0 Å². The zero-order chi connectivity index (χ0) is 14.5. The first-order chi connectivity index (χ1) is 8.78. The number of carbonyl (C=O) groups excluding carboxylic acids is 1. The highest BCUT2D eigenvalue weighted by Gasteiger charge is 2.27. The Morgan fingerprint density at radius 3 is 2.74 bits per heavy atom. The van der Waals surface area contributed by atoms with E-state index in [-0.39, 0.29) is 29.8 Å². The van der Waals surface area contributed by atoms with Gasteiger partial charge < -0.3 is 10.4 Å². The van der Waals surface area contributed by atoms with Gasteiger partial charge in [0.15, 0.2) is 5.69 Å². The summed E-state index contributed by atoms with van der Waals surface area (Å²) in [6, 6.07) is 0. The molecular weight excluding hydrogens is 289 g/mol. The lowest BCUT2D eigenvalue weighted by Crippen LogP contribution is -2.26. The van der Waals surface area contributed by atoms with E-state index in [0.717, 1.165) is 10.9 Å². The van der Waals surface area contributed by atoms with E-state index in [0.29, 0.717) is 0 Å². The fourth-order valence-corrected chi connectivity index (χ4v) is 1.48. The second kappa shape index (κ2) is 6.41. The van der Waals surface area contributed by atoms with Gasteiger partial charge in [-0.3, -0.25) is 9.59 Å². The number of aromatic nitrogens is 3. The molecule has 1 heterocycles. The molecule has 11 heteroatoms. The summed E-state index contributed by atoms with van der Waals surface area (Å²) in [7, 11) is 0. The van der Waals surface area contributed by atoms with E-state index in [9.17, 15) is 22.8 Å². The summed E-state index contributed by atoms with van der Waals surface area (Å²) in [5, 5.41) is 17.5. The number of carbonyl (C=O) groups is 2. The minimum atomic E-state index is -4.34. The van der Waals surface area contributed by atoms with Crippen molar-refractivity contribution in [1.29, 1.82) is 0 Å². The lowest BCUT2D eigenvalue weighted by Gasteiger charge is -2.05.